The molecule has 0 radical (unpaired) electrons. The molecule has 0 spiro atoms. The van der Waals surface area contributed by atoms with E-state index in [0.29, 0.717) is 23.1 Å². The molecule has 1 N–H and O–H groups in total. The van der Waals surface area contributed by atoms with E-state index in [0.717, 1.165) is 21.9 Å². The fourth-order valence-electron chi connectivity index (χ4n) is 2.33. The maximum absolute atomic E-state index is 10.3. The van der Waals surface area contributed by atoms with Crippen molar-refractivity contribution in [3.8, 4) is 0 Å². The average Bonchev–Trinajstić information content (AvgIpc) is 2.65. The van der Waals surface area contributed by atoms with Gasteiger partial charge >= 0.3 is 0 Å². The normalized spacial score (nSPS) is 16.4. The predicted molar refractivity (Wildman–Crippen MR) is 86.0 cm³/mol. The Labute approximate surface area is 128 Å². The summed E-state index contributed by atoms with van der Waals surface area (Å²) < 4.78 is 0. The summed E-state index contributed by atoms with van der Waals surface area (Å²) in [5.41, 5.74) is 3.19. The first-order chi connectivity index (χ1) is 10.2. The van der Waals surface area contributed by atoms with Crippen molar-refractivity contribution < 1.29 is 5.21 Å². The standard InChI is InChI=1S/C16H14ClN3O/c1-18-15-10-19-16(11-5-3-2-4-6-11)13-9-12(17)7-8-14(13)20(15)21/h2-9,21H,10H2,1H3. The molecule has 0 unspecified atom stereocenters. The fourth-order valence-corrected chi connectivity index (χ4v) is 2.50. The topological polar surface area (TPSA) is 48.2 Å². The van der Waals surface area contributed by atoms with Gasteiger partial charge in [-0.25, -0.2) is 5.06 Å². The van der Waals surface area contributed by atoms with Gasteiger partial charge in [-0.2, -0.15) is 0 Å². The van der Waals surface area contributed by atoms with Crippen LogP contribution in [0, 0.1) is 0 Å². The zero-order valence-corrected chi connectivity index (χ0v) is 12.2. The number of rotatable bonds is 1. The average molecular weight is 300 g/mol. The summed E-state index contributed by atoms with van der Waals surface area (Å²) in [6.45, 7) is 0.309. The van der Waals surface area contributed by atoms with Gasteiger partial charge in [0.1, 0.15) is 0 Å². The van der Waals surface area contributed by atoms with E-state index in [1.165, 1.54) is 0 Å². The van der Waals surface area contributed by atoms with Crippen molar-refractivity contribution in [1.29, 1.82) is 0 Å². The highest BCUT2D eigenvalue weighted by atomic mass is 35.5. The summed E-state index contributed by atoms with van der Waals surface area (Å²) in [5.74, 6) is 0.490. The molecular formula is C16H14ClN3O. The van der Waals surface area contributed by atoms with Crippen LogP contribution in [-0.2, 0) is 0 Å². The smallest absolute Gasteiger partial charge is 0.151 e. The second-order valence-electron chi connectivity index (χ2n) is 4.64. The summed E-state index contributed by atoms with van der Waals surface area (Å²) in [7, 11) is 1.64. The Hall–Kier alpha value is -2.17. The first-order valence-corrected chi connectivity index (χ1v) is 6.93. The molecule has 1 heterocycles. The zero-order valence-electron chi connectivity index (χ0n) is 11.5. The minimum absolute atomic E-state index is 0.309. The minimum Gasteiger partial charge on any atom is -0.282 e. The molecule has 0 fully saturated rings. The van der Waals surface area contributed by atoms with E-state index < -0.39 is 0 Å². The first-order valence-electron chi connectivity index (χ1n) is 6.55. The molecule has 5 heteroatoms. The molecule has 1 aliphatic heterocycles. The van der Waals surface area contributed by atoms with Crippen LogP contribution in [0.5, 0.6) is 0 Å². The molecule has 0 atom stereocenters. The van der Waals surface area contributed by atoms with Crippen LogP contribution in [0.25, 0.3) is 0 Å². The number of hydroxylamine groups is 1. The van der Waals surface area contributed by atoms with Crippen LogP contribution in [0.1, 0.15) is 11.1 Å². The van der Waals surface area contributed by atoms with Crippen molar-refractivity contribution in [2.24, 2.45) is 9.98 Å². The minimum atomic E-state index is 0.309. The summed E-state index contributed by atoms with van der Waals surface area (Å²) in [6.07, 6.45) is 0. The number of benzene rings is 2. The van der Waals surface area contributed by atoms with Gasteiger partial charge in [0, 0.05) is 23.2 Å². The molecule has 2 aromatic rings. The second kappa shape index (κ2) is 5.68. The lowest BCUT2D eigenvalue weighted by Crippen LogP contribution is -2.29. The number of benzodiazepines with no additional fused rings is 1. The first kappa shape index (κ1) is 13.8. The highest BCUT2D eigenvalue weighted by Crippen LogP contribution is 2.28. The molecule has 1 aliphatic rings. The largest absolute Gasteiger partial charge is 0.282 e. The Morgan fingerprint density at radius 1 is 1.19 bits per heavy atom. The Morgan fingerprint density at radius 2 is 1.95 bits per heavy atom. The van der Waals surface area contributed by atoms with Gasteiger partial charge in [0.15, 0.2) is 5.84 Å². The van der Waals surface area contributed by atoms with Gasteiger partial charge in [-0.05, 0) is 18.2 Å². The lowest BCUT2D eigenvalue weighted by molar-refractivity contribution is 0.311. The van der Waals surface area contributed by atoms with Crippen molar-refractivity contribution in [1.82, 2.24) is 0 Å². The fraction of sp³-hybridized carbons (Fsp3) is 0.125. The molecular weight excluding hydrogens is 286 g/mol. The van der Waals surface area contributed by atoms with Gasteiger partial charge in [0.25, 0.3) is 0 Å². The molecule has 3 rings (SSSR count). The van der Waals surface area contributed by atoms with E-state index in [1.807, 2.05) is 36.4 Å². The van der Waals surface area contributed by atoms with Crippen molar-refractivity contribution in [3.63, 3.8) is 0 Å². The number of hydrogen-bond donors (Lipinski definition) is 1. The van der Waals surface area contributed by atoms with Gasteiger partial charge < -0.3 is 0 Å². The Balaban J connectivity index is 2.23. The lowest BCUT2D eigenvalue weighted by atomic mass is 10.0. The van der Waals surface area contributed by atoms with Gasteiger partial charge in [0.2, 0.25) is 0 Å². The van der Waals surface area contributed by atoms with E-state index in [-0.39, 0.29) is 0 Å². The van der Waals surface area contributed by atoms with Crippen LogP contribution in [0.15, 0.2) is 58.5 Å². The quantitative estimate of drug-likeness (QED) is 0.877. The van der Waals surface area contributed by atoms with E-state index in [2.05, 4.69) is 9.98 Å². The number of hydrogen-bond acceptors (Lipinski definition) is 3. The Bertz CT molecular complexity index is 726. The van der Waals surface area contributed by atoms with Crippen molar-refractivity contribution in [3.05, 3.63) is 64.7 Å². The Morgan fingerprint density at radius 3 is 2.67 bits per heavy atom. The number of fused-ring (bicyclic) bond motifs is 1. The summed E-state index contributed by atoms with van der Waals surface area (Å²) >= 11 is 6.12. The summed E-state index contributed by atoms with van der Waals surface area (Å²) in [5, 5.41) is 12.0. The van der Waals surface area contributed by atoms with Crippen LogP contribution in [-0.4, -0.2) is 30.3 Å². The number of halogens is 1. The van der Waals surface area contributed by atoms with Crippen LogP contribution >= 0.6 is 11.6 Å². The molecule has 0 aromatic heterocycles. The molecule has 21 heavy (non-hydrogen) atoms. The molecule has 0 amide bonds. The molecule has 2 aromatic carbocycles. The van der Waals surface area contributed by atoms with Crippen LogP contribution in [0.4, 0.5) is 5.69 Å². The molecule has 4 nitrogen and oxygen atoms in total. The molecule has 0 saturated carbocycles. The summed E-state index contributed by atoms with van der Waals surface area (Å²) in [6, 6.07) is 15.2. The summed E-state index contributed by atoms with van der Waals surface area (Å²) in [4.78, 5) is 8.69. The third-order valence-corrected chi connectivity index (χ3v) is 3.61. The van der Waals surface area contributed by atoms with E-state index in [4.69, 9.17) is 11.6 Å². The third kappa shape index (κ3) is 2.55. The molecule has 106 valence electrons. The van der Waals surface area contributed by atoms with Crippen LogP contribution in [0.3, 0.4) is 0 Å². The number of aliphatic imine (C=N–C) groups is 2. The lowest BCUT2D eigenvalue weighted by Gasteiger charge is -2.18. The highest BCUT2D eigenvalue weighted by Gasteiger charge is 2.22. The zero-order chi connectivity index (χ0) is 14.8. The van der Waals surface area contributed by atoms with Crippen molar-refractivity contribution in [2.75, 3.05) is 18.7 Å². The molecule has 0 aliphatic carbocycles. The number of nitrogens with zero attached hydrogens (tertiary/aromatic N) is 3. The van der Waals surface area contributed by atoms with Gasteiger partial charge in [0.05, 0.1) is 17.9 Å². The number of amidine groups is 1. The van der Waals surface area contributed by atoms with Gasteiger partial charge in [-0.1, -0.05) is 41.9 Å². The van der Waals surface area contributed by atoms with Crippen molar-refractivity contribution >= 4 is 28.8 Å². The van der Waals surface area contributed by atoms with E-state index >= 15 is 0 Å². The molecule has 0 saturated heterocycles. The maximum Gasteiger partial charge on any atom is 0.151 e. The molecule has 0 bridgehead atoms. The monoisotopic (exact) mass is 299 g/mol. The van der Waals surface area contributed by atoms with Crippen LogP contribution in [0.2, 0.25) is 5.02 Å². The van der Waals surface area contributed by atoms with Crippen molar-refractivity contribution in [2.45, 2.75) is 0 Å². The third-order valence-electron chi connectivity index (χ3n) is 3.37. The second-order valence-corrected chi connectivity index (χ2v) is 5.08. The van der Waals surface area contributed by atoms with Gasteiger partial charge in [-0.15, -0.1) is 0 Å². The number of anilines is 1. The Kier molecular flexibility index (Phi) is 3.73. The van der Waals surface area contributed by atoms with E-state index in [1.54, 1.807) is 19.2 Å². The van der Waals surface area contributed by atoms with E-state index in [9.17, 15) is 5.21 Å². The highest BCUT2D eigenvalue weighted by molar-refractivity contribution is 6.32. The maximum atomic E-state index is 10.3. The predicted octanol–water partition coefficient (Wildman–Crippen LogP) is 3.41. The van der Waals surface area contributed by atoms with Gasteiger partial charge in [-0.3, -0.25) is 15.2 Å². The SMILES string of the molecule is CN=C1CN=C(c2ccccc2)c2cc(Cl)ccc2N1O. The van der Waals surface area contributed by atoms with Crippen LogP contribution < -0.4 is 5.06 Å².